The van der Waals surface area contributed by atoms with Gasteiger partial charge in [0.2, 0.25) is 0 Å². The van der Waals surface area contributed by atoms with Crippen LogP contribution in [0.2, 0.25) is 0 Å². The smallest absolute Gasteiger partial charge is 0.255 e. The Morgan fingerprint density at radius 2 is 2.24 bits per heavy atom. The summed E-state index contributed by atoms with van der Waals surface area (Å²) >= 11 is 1.63. The van der Waals surface area contributed by atoms with Gasteiger partial charge in [0, 0.05) is 35.7 Å². The zero-order valence-corrected chi connectivity index (χ0v) is 13.2. The van der Waals surface area contributed by atoms with Crippen LogP contribution in [0.1, 0.15) is 36.0 Å². The molecule has 4 heteroatoms. The van der Waals surface area contributed by atoms with Crippen molar-refractivity contribution in [2.24, 2.45) is 0 Å². The third-order valence-corrected chi connectivity index (χ3v) is 5.08. The van der Waals surface area contributed by atoms with Gasteiger partial charge in [-0.1, -0.05) is 18.2 Å². The Bertz CT molecular complexity index is 616. The van der Waals surface area contributed by atoms with E-state index >= 15 is 0 Å². The molecule has 1 aliphatic heterocycles. The summed E-state index contributed by atoms with van der Waals surface area (Å²) in [6.45, 7) is 1.63. The van der Waals surface area contributed by atoms with E-state index in [-0.39, 0.29) is 5.91 Å². The van der Waals surface area contributed by atoms with E-state index in [0.29, 0.717) is 6.10 Å². The Morgan fingerprint density at radius 3 is 3.05 bits per heavy atom. The number of hydrogen-bond acceptors (Lipinski definition) is 3. The van der Waals surface area contributed by atoms with Gasteiger partial charge in [-0.05, 0) is 31.7 Å². The number of benzene rings is 1. The van der Waals surface area contributed by atoms with Crippen LogP contribution in [0.5, 0.6) is 0 Å². The van der Waals surface area contributed by atoms with E-state index in [4.69, 9.17) is 4.74 Å². The van der Waals surface area contributed by atoms with Crippen LogP contribution in [0.25, 0.3) is 10.1 Å². The molecule has 1 aromatic carbocycles. The lowest BCUT2D eigenvalue weighted by molar-refractivity contribution is 0.00710. The highest BCUT2D eigenvalue weighted by atomic mass is 32.1. The first kappa shape index (κ1) is 14.5. The van der Waals surface area contributed by atoms with Gasteiger partial charge >= 0.3 is 0 Å². The van der Waals surface area contributed by atoms with E-state index < -0.39 is 0 Å². The maximum atomic E-state index is 12.6. The van der Waals surface area contributed by atoms with Crippen molar-refractivity contribution >= 4 is 27.3 Å². The normalized spacial score (nSPS) is 18.8. The van der Waals surface area contributed by atoms with Crippen molar-refractivity contribution in [1.82, 2.24) is 4.90 Å². The number of ether oxygens (including phenoxy) is 1. The summed E-state index contributed by atoms with van der Waals surface area (Å²) in [5.41, 5.74) is 0.822. The number of carbonyl (C=O) groups excluding carboxylic acids is 1. The first-order chi connectivity index (χ1) is 10.3. The minimum absolute atomic E-state index is 0.114. The first-order valence-corrected chi connectivity index (χ1v) is 8.47. The van der Waals surface area contributed by atoms with Crippen LogP contribution in [0.15, 0.2) is 29.6 Å². The molecule has 1 aromatic heterocycles. The number of thiophene rings is 1. The van der Waals surface area contributed by atoms with Crippen LogP contribution in [0.4, 0.5) is 0 Å². The van der Waals surface area contributed by atoms with E-state index in [1.54, 1.807) is 11.3 Å². The molecule has 1 amide bonds. The lowest BCUT2D eigenvalue weighted by Crippen LogP contribution is -2.31. The average Bonchev–Trinajstić information content (AvgIpc) is 2.97. The lowest BCUT2D eigenvalue weighted by atomic mass is 10.1. The molecular formula is C17H21NO2S. The van der Waals surface area contributed by atoms with E-state index in [1.165, 1.54) is 17.5 Å². The molecule has 1 fully saturated rings. The highest BCUT2D eigenvalue weighted by molar-refractivity contribution is 7.17. The average molecular weight is 303 g/mol. The number of nitrogens with zero attached hydrogens (tertiary/aromatic N) is 1. The lowest BCUT2D eigenvalue weighted by Gasteiger charge is -2.25. The monoisotopic (exact) mass is 303 g/mol. The number of carbonyl (C=O) groups is 1. The van der Waals surface area contributed by atoms with Crippen LogP contribution >= 0.6 is 11.3 Å². The predicted octanol–water partition coefficient (Wildman–Crippen LogP) is 3.93. The van der Waals surface area contributed by atoms with Crippen LogP contribution in [-0.2, 0) is 4.74 Å². The Morgan fingerprint density at radius 1 is 1.38 bits per heavy atom. The summed E-state index contributed by atoms with van der Waals surface area (Å²) in [6.07, 6.45) is 4.81. The van der Waals surface area contributed by atoms with E-state index in [2.05, 4.69) is 6.07 Å². The zero-order chi connectivity index (χ0) is 14.7. The zero-order valence-electron chi connectivity index (χ0n) is 12.4. The van der Waals surface area contributed by atoms with Crippen molar-refractivity contribution in [3.8, 4) is 0 Å². The van der Waals surface area contributed by atoms with Crippen molar-refractivity contribution in [1.29, 1.82) is 0 Å². The SMILES string of the molecule is CN(CCC1CCCCO1)C(=O)c1csc2ccccc12. The molecule has 0 bridgehead atoms. The van der Waals surface area contributed by atoms with Gasteiger partial charge in [-0.15, -0.1) is 11.3 Å². The van der Waals surface area contributed by atoms with Gasteiger partial charge in [-0.3, -0.25) is 4.79 Å². The predicted molar refractivity (Wildman–Crippen MR) is 87.0 cm³/mol. The second-order valence-electron chi connectivity index (χ2n) is 5.65. The molecule has 0 spiro atoms. The highest BCUT2D eigenvalue weighted by Gasteiger charge is 2.19. The molecule has 21 heavy (non-hydrogen) atoms. The molecule has 1 atom stereocenters. The Balaban J connectivity index is 1.64. The van der Waals surface area contributed by atoms with Crippen molar-refractivity contribution in [2.75, 3.05) is 20.2 Å². The number of amides is 1. The Hall–Kier alpha value is -1.39. The fourth-order valence-electron chi connectivity index (χ4n) is 2.82. The molecular weight excluding hydrogens is 282 g/mol. The molecule has 0 N–H and O–H groups in total. The molecule has 0 aliphatic carbocycles. The molecule has 1 unspecified atom stereocenters. The second-order valence-corrected chi connectivity index (χ2v) is 6.56. The molecule has 112 valence electrons. The minimum atomic E-state index is 0.114. The summed E-state index contributed by atoms with van der Waals surface area (Å²) < 4.78 is 6.90. The van der Waals surface area contributed by atoms with Gasteiger partial charge < -0.3 is 9.64 Å². The van der Waals surface area contributed by atoms with Crippen LogP contribution in [0.3, 0.4) is 0 Å². The van der Waals surface area contributed by atoms with Crippen molar-refractivity contribution in [2.45, 2.75) is 31.8 Å². The number of hydrogen-bond donors (Lipinski definition) is 0. The summed E-state index contributed by atoms with van der Waals surface area (Å²) in [4.78, 5) is 14.4. The maximum Gasteiger partial charge on any atom is 0.255 e. The fraction of sp³-hybridized carbons (Fsp3) is 0.471. The van der Waals surface area contributed by atoms with Crippen LogP contribution in [0, 0.1) is 0 Å². The summed E-state index contributed by atoms with van der Waals surface area (Å²) in [5.74, 6) is 0.114. The summed E-state index contributed by atoms with van der Waals surface area (Å²) in [7, 11) is 1.89. The Kier molecular flexibility index (Phi) is 4.56. The Labute approximate surface area is 129 Å². The van der Waals surface area contributed by atoms with Crippen molar-refractivity contribution in [3.63, 3.8) is 0 Å². The van der Waals surface area contributed by atoms with Gasteiger partial charge in [0.05, 0.1) is 11.7 Å². The first-order valence-electron chi connectivity index (χ1n) is 7.59. The standard InChI is InChI=1S/C17H21NO2S/c1-18(10-9-13-6-4-5-11-20-13)17(19)15-12-21-16-8-3-2-7-14(15)16/h2-3,7-8,12-13H,4-6,9-11H2,1H3. The van der Waals surface area contributed by atoms with Gasteiger partial charge in [0.25, 0.3) is 5.91 Å². The van der Waals surface area contributed by atoms with Crippen LogP contribution in [-0.4, -0.2) is 37.1 Å². The molecule has 1 aliphatic rings. The molecule has 2 heterocycles. The van der Waals surface area contributed by atoms with Gasteiger partial charge in [0.1, 0.15) is 0 Å². The van der Waals surface area contributed by atoms with E-state index in [0.717, 1.165) is 36.9 Å². The van der Waals surface area contributed by atoms with Gasteiger partial charge in [-0.2, -0.15) is 0 Å². The molecule has 0 saturated carbocycles. The second kappa shape index (κ2) is 6.58. The molecule has 2 aromatic rings. The van der Waals surface area contributed by atoms with Gasteiger partial charge in [-0.25, -0.2) is 0 Å². The van der Waals surface area contributed by atoms with E-state index in [1.807, 2.05) is 35.5 Å². The number of rotatable bonds is 4. The quantitative estimate of drug-likeness (QED) is 0.856. The molecule has 1 saturated heterocycles. The maximum absolute atomic E-state index is 12.6. The third-order valence-electron chi connectivity index (χ3n) is 4.12. The fourth-order valence-corrected chi connectivity index (χ4v) is 3.76. The van der Waals surface area contributed by atoms with Crippen LogP contribution < -0.4 is 0 Å². The highest BCUT2D eigenvalue weighted by Crippen LogP contribution is 2.26. The van der Waals surface area contributed by atoms with Crippen molar-refractivity contribution < 1.29 is 9.53 Å². The molecule has 3 rings (SSSR count). The van der Waals surface area contributed by atoms with Gasteiger partial charge in [0.15, 0.2) is 0 Å². The topological polar surface area (TPSA) is 29.5 Å². The minimum Gasteiger partial charge on any atom is -0.378 e. The number of fused-ring (bicyclic) bond motifs is 1. The molecule has 3 nitrogen and oxygen atoms in total. The summed E-state index contributed by atoms with van der Waals surface area (Å²) in [5, 5.41) is 3.04. The largest absolute Gasteiger partial charge is 0.378 e. The van der Waals surface area contributed by atoms with Crippen molar-refractivity contribution in [3.05, 3.63) is 35.2 Å². The van der Waals surface area contributed by atoms with E-state index in [9.17, 15) is 4.79 Å². The molecule has 0 radical (unpaired) electrons. The third kappa shape index (κ3) is 3.27. The summed E-state index contributed by atoms with van der Waals surface area (Å²) in [6, 6.07) is 8.09.